The Hall–Kier alpha value is -6.82. The van der Waals surface area contributed by atoms with E-state index in [1.165, 1.54) is 43.6 Å². The second kappa shape index (κ2) is 13.4. The van der Waals surface area contributed by atoms with Crippen LogP contribution in [0.3, 0.4) is 0 Å². The Balaban J connectivity index is 0.00000397. The number of aryl methyl sites for hydroxylation is 3. The zero-order valence-corrected chi connectivity index (χ0v) is 34.7. The summed E-state index contributed by atoms with van der Waals surface area (Å²) in [5.41, 5.74) is 12.0. The van der Waals surface area contributed by atoms with Crippen molar-refractivity contribution in [1.82, 2.24) is 18.7 Å². The summed E-state index contributed by atoms with van der Waals surface area (Å²) in [7, 11) is 4.37. The van der Waals surface area contributed by atoms with E-state index in [9.17, 15) is 0 Å². The van der Waals surface area contributed by atoms with Crippen molar-refractivity contribution in [2.24, 2.45) is 14.1 Å². The summed E-state index contributed by atoms with van der Waals surface area (Å²) in [4.78, 5) is 9.32. The molecule has 1 aliphatic rings. The molecule has 0 atom stereocenters. The first-order valence-corrected chi connectivity index (χ1v) is 19.5. The van der Waals surface area contributed by atoms with Gasteiger partial charge in [0.1, 0.15) is 5.82 Å². The summed E-state index contributed by atoms with van der Waals surface area (Å²) < 4.78 is 13.5. The van der Waals surface area contributed by atoms with Crippen molar-refractivity contribution in [3.05, 3.63) is 176 Å². The van der Waals surface area contributed by atoms with Crippen LogP contribution in [0.1, 0.15) is 5.56 Å². The molecule has 0 amide bonds. The van der Waals surface area contributed by atoms with Gasteiger partial charge >= 0.3 is 0 Å². The molecule has 0 unspecified atom stereocenters. The van der Waals surface area contributed by atoms with Gasteiger partial charge in [-0.25, -0.2) is 4.98 Å². The molecule has 59 heavy (non-hydrogen) atoms. The van der Waals surface area contributed by atoms with Crippen LogP contribution in [0.15, 0.2) is 152 Å². The third kappa shape index (κ3) is 5.21. The van der Waals surface area contributed by atoms with E-state index >= 15 is 0 Å². The standard InChI is InChI=1S/C51H35N6O.Pt/c1-32-25-26-52-48(27-32)57-44-20-9-6-15-36(44)39-24-23-35(29-47(39)57)58-34-14-12-13-33(28-34)55-31-56(46-22-11-10-21-45(46)55)51-49-40(37-16-4-7-18-42(37)53(49)2)30-41-38-17-5-8-19-43(38)54(3)50(41)51;/h4-27,30-31H,1-3H3;/q-3;. The van der Waals surface area contributed by atoms with Crippen molar-refractivity contribution >= 4 is 88.2 Å². The van der Waals surface area contributed by atoms with E-state index in [0.29, 0.717) is 11.5 Å². The minimum atomic E-state index is 0. The van der Waals surface area contributed by atoms with Crippen LogP contribution in [0.4, 0.5) is 22.7 Å². The summed E-state index contributed by atoms with van der Waals surface area (Å²) in [5.74, 6) is 2.05. The number of ether oxygens (including phenoxy) is 1. The number of fused-ring (bicyclic) bond motifs is 10. The van der Waals surface area contributed by atoms with Crippen molar-refractivity contribution in [2.75, 3.05) is 9.80 Å². The van der Waals surface area contributed by atoms with Crippen LogP contribution >= 0.6 is 0 Å². The molecule has 0 saturated carbocycles. The van der Waals surface area contributed by atoms with Gasteiger partial charge in [-0.3, -0.25) is 0 Å². The molecule has 0 N–H and O–H groups in total. The van der Waals surface area contributed by atoms with E-state index in [1.807, 2.05) is 30.5 Å². The Morgan fingerprint density at radius 3 is 1.81 bits per heavy atom. The maximum atomic E-state index is 6.61. The second-order valence-corrected chi connectivity index (χ2v) is 15.1. The Labute approximate surface area is 355 Å². The maximum Gasteiger partial charge on any atom is 0.135 e. The van der Waals surface area contributed by atoms with Gasteiger partial charge in [0.2, 0.25) is 0 Å². The van der Waals surface area contributed by atoms with Crippen LogP contribution in [-0.2, 0) is 35.2 Å². The number of hydrogen-bond acceptors (Lipinski definition) is 4. The molecule has 0 bridgehead atoms. The number of para-hydroxylation sites is 5. The number of hydrogen-bond donors (Lipinski definition) is 0. The zero-order chi connectivity index (χ0) is 38.6. The quantitative estimate of drug-likeness (QED) is 0.161. The van der Waals surface area contributed by atoms with Crippen LogP contribution in [0.25, 0.3) is 71.2 Å². The van der Waals surface area contributed by atoms with E-state index in [-0.39, 0.29) is 21.1 Å². The summed E-state index contributed by atoms with van der Waals surface area (Å²) in [6.07, 6.45) is 1.85. The molecule has 4 aromatic heterocycles. The summed E-state index contributed by atoms with van der Waals surface area (Å²) in [6, 6.07) is 58.3. The average molecular weight is 943 g/mol. The second-order valence-electron chi connectivity index (χ2n) is 15.1. The smallest absolute Gasteiger partial charge is 0.135 e. The van der Waals surface area contributed by atoms with Crippen molar-refractivity contribution in [3.8, 4) is 17.3 Å². The van der Waals surface area contributed by atoms with Crippen molar-refractivity contribution in [2.45, 2.75) is 6.92 Å². The molecule has 12 rings (SSSR count). The van der Waals surface area contributed by atoms with Crippen LogP contribution < -0.4 is 14.5 Å². The van der Waals surface area contributed by atoms with Gasteiger partial charge in [0.05, 0.1) is 16.7 Å². The molecule has 0 aliphatic carbocycles. The van der Waals surface area contributed by atoms with Gasteiger partial charge in [0, 0.05) is 102 Å². The molecule has 7 aromatic carbocycles. The van der Waals surface area contributed by atoms with Crippen molar-refractivity contribution < 1.29 is 25.8 Å². The molecular weight excluding hydrogens is 908 g/mol. The first-order chi connectivity index (χ1) is 28.5. The SMILES string of the molecule is Cc1ccnc(-n2c3[c-]c(Oc4[c-]c(N5[CH-]N(c6c7c(cc8c9ccccc9n(C)c68)c6ccccc6n7C)c6ccccc65)ccc4)ccc3c3ccccc32)c1.[Pt]. The summed E-state index contributed by atoms with van der Waals surface area (Å²) >= 11 is 0. The van der Waals surface area contributed by atoms with Crippen molar-refractivity contribution in [1.29, 1.82) is 0 Å². The third-order valence-electron chi connectivity index (χ3n) is 11.8. The van der Waals surface area contributed by atoms with Crippen LogP contribution in [0.5, 0.6) is 11.5 Å². The summed E-state index contributed by atoms with van der Waals surface area (Å²) in [5, 5.41) is 7.18. The number of anilines is 4. The molecule has 8 heteroatoms. The van der Waals surface area contributed by atoms with E-state index < -0.39 is 0 Å². The molecule has 0 saturated heterocycles. The molecule has 1 aliphatic heterocycles. The molecule has 0 radical (unpaired) electrons. The van der Waals surface area contributed by atoms with Gasteiger partial charge in [-0.1, -0.05) is 72.2 Å². The Morgan fingerprint density at radius 1 is 0.542 bits per heavy atom. The normalized spacial score (nSPS) is 12.7. The van der Waals surface area contributed by atoms with E-state index in [2.05, 4.69) is 185 Å². The van der Waals surface area contributed by atoms with E-state index in [0.717, 1.165) is 55.9 Å². The predicted octanol–water partition coefficient (Wildman–Crippen LogP) is 12.6. The topological polar surface area (TPSA) is 43.4 Å². The molecular formula is C51H35N6OPt-3. The molecule has 0 spiro atoms. The predicted molar refractivity (Wildman–Crippen MR) is 237 cm³/mol. The minimum absolute atomic E-state index is 0. The summed E-state index contributed by atoms with van der Waals surface area (Å²) in [6.45, 7) is 4.29. The van der Waals surface area contributed by atoms with Gasteiger partial charge in [0.25, 0.3) is 0 Å². The van der Waals surface area contributed by atoms with Gasteiger partial charge in [0.15, 0.2) is 0 Å². The number of rotatable bonds is 5. The third-order valence-corrected chi connectivity index (χ3v) is 11.8. The molecule has 11 aromatic rings. The van der Waals surface area contributed by atoms with Crippen molar-refractivity contribution in [3.63, 3.8) is 0 Å². The Morgan fingerprint density at radius 2 is 1.14 bits per heavy atom. The monoisotopic (exact) mass is 942 g/mol. The molecule has 7 nitrogen and oxygen atoms in total. The number of aromatic nitrogens is 4. The fourth-order valence-corrected chi connectivity index (χ4v) is 9.25. The van der Waals surface area contributed by atoms with Gasteiger partial charge in [-0.2, -0.15) is 12.1 Å². The number of pyridine rings is 1. The molecule has 5 heterocycles. The Kier molecular flexibility index (Phi) is 8.01. The fourth-order valence-electron chi connectivity index (χ4n) is 9.25. The molecule has 288 valence electrons. The van der Waals surface area contributed by atoms with E-state index in [1.54, 1.807) is 0 Å². The molecule has 0 fully saturated rings. The van der Waals surface area contributed by atoms with Crippen LogP contribution in [0.2, 0.25) is 0 Å². The Bertz CT molecular complexity index is 3390. The first kappa shape index (κ1) is 35.3. The van der Waals surface area contributed by atoms with E-state index in [4.69, 9.17) is 9.72 Å². The number of benzene rings is 7. The zero-order valence-electron chi connectivity index (χ0n) is 32.4. The number of nitrogens with zero attached hydrogens (tertiary/aromatic N) is 6. The largest absolute Gasteiger partial charge is 0.509 e. The first-order valence-electron chi connectivity index (χ1n) is 19.5. The minimum Gasteiger partial charge on any atom is -0.509 e. The maximum absolute atomic E-state index is 6.61. The van der Waals surface area contributed by atoms with Gasteiger partial charge in [-0.05, 0) is 66.4 Å². The van der Waals surface area contributed by atoms with Gasteiger partial charge in [-0.15, -0.1) is 48.1 Å². The van der Waals surface area contributed by atoms with Crippen LogP contribution in [0, 0.1) is 25.7 Å². The van der Waals surface area contributed by atoms with Gasteiger partial charge < -0.3 is 28.2 Å². The average Bonchev–Trinajstić information content (AvgIpc) is 3.97. The fraction of sp³-hybridized carbons (Fsp3) is 0.0588. The van der Waals surface area contributed by atoms with Crippen LogP contribution in [-0.4, -0.2) is 18.7 Å².